The highest BCUT2D eigenvalue weighted by atomic mass is 32.2. The van der Waals surface area contributed by atoms with Crippen molar-refractivity contribution in [2.75, 3.05) is 29.9 Å². The predicted octanol–water partition coefficient (Wildman–Crippen LogP) is 5.77. The molecule has 1 unspecified atom stereocenters. The first kappa shape index (κ1) is 32.1. The summed E-state index contributed by atoms with van der Waals surface area (Å²) in [6, 6.07) is 20.2. The largest absolute Gasteiger partial charge is 0.477 e. The van der Waals surface area contributed by atoms with Gasteiger partial charge in [-0.2, -0.15) is 8.42 Å². The van der Waals surface area contributed by atoms with Gasteiger partial charge in [0.25, 0.3) is 15.9 Å². The van der Waals surface area contributed by atoms with Crippen molar-refractivity contribution in [3.05, 3.63) is 84.1 Å². The maximum absolute atomic E-state index is 13.9. The van der Waals surface area contributed by atoms with E-state index in [2.05, 4.69) is 44.1 Å². The summed E-state index contributed by atoms with van der Waals surface area (Å²) in [6.07, 6.45) is 11.4. The van der Waals surface area contributed by atoms with Crippen LogP contribution in [0.15, 0.2) is 78.0 Å². The summed E-state index contributed by atoms with van der Waals surface area (Å²) >= 11 is 0. The molecule has 3 aromatic heterocycles. The van der Waals surface area contributed by atoms with Gasteiger partial charge in [0.05, 0.1) is 12.2 Å². The van der Waals surface area contributed by atoms with Crippen molar-refractivity contribution in [1.29, 1.82) is 0 Å². The highest BCUT2D eigenvalue weighted by Gasteiger charge is 2.44. The maximum atomic E-state index is 13.9. The number of ether oxygens (including phenoxy) is 1. The number of amides is 1. The highest BCUT2D eigenvalue weighted by Crippen LogP contribution is 2.42. The van der Waals surface area contributed by atoms with Gasteiger partial charge in [0.2, 0.25) is 5.88 Å². The Hall–Kier alpha value is -4.45. The van der Waals surface area contributed by atoms with Gasteiger partial charge in [-0.1, -0.05) is 62.1 Å². The molecule has 2 atom stereocenters. The number of fused-ring (bicyclic) bond motifs is 6. The molecule has 1 saturated carbocycles. The number of aromatic nitrogens is 4. The summed E-state index contributed by atoms with van der Waals surface area (Å²) in [5.74, 6) is 2.21. The number of anilines is 2. The Morgan fingerprint density at radius 2 is 1.79 bits per heavy atom. The van der Waals surface area contributed by atoms with Crippen LogP contribution in [0.25, 0.3) is 5.82 Å². The number of pyridine rings is 2. The number of carbonyl (C=O) groups is 1. The molecule has 48 heavy (non-hydrogen) atoms. The van der Waals surface area contributed by atoms with Gasteiger partial charge in [0, 0.05) is 30.9 Å². The quantitative estimate of drug-likeness (QED) is 0.252. The number of hydrogen-bond donors (Lipinski definition) is 2. The van der Waals surface area contributed by atoms with Crippen molar-refractivity contribution < 1.29 is 17.9 Å². The number of nitrogens with one attached hydrogen (secondary N) is 2. The summed E-state index contributed by atoms with van der Waals surface area (Å²) in [5.41, 5.74) is 0.967. The Morgan fingerprint density at radius 1 is 0.958 bits per heavy atom. The fourth-order valence-electron chi connectivity index (χ4n) is 7.60. The summed E-state index contributed by atoms with van der Waals surface area (Å²) in [6.45, 7) is 4.16. The minimum Gasteiger partial charge on any atom is -0.477 e. The van der Waals surface area contributed by atoms with E-state index in [0.29, 0.717) is 48.9 Å². The van der Waals surface area contributed by atoms with Crippen LogP contribution in [0.4, 0.5) is 11.6 Å². The van der Waals surface area contributed by atoms with E-state index in [1.165, 1.54) is 37.3 Å². The number of benzene rings is 1. The lowest BCUT2D eigenvalue weighted by Crippen LogP contribution is -2.45. The Morgan fingerprint density at radius 3 is 2.62 bits per heavy atom. The van der Waals surface area contributed by atoms with Crippen molar-refractivity contribution in [3.8, 4) is 11.7 Å². The molecule has 0 spiro atoms. The molecule has 1 aromatic carbocycles. The molecule has 4 bridgehead atoms. The van der Waals surface area contributed by atoms with Crippen LogP contribution in [0.5, 0.6) is 5.88 Å². The number of carbonyl (C=O) groups excluding carboxylic acids is 1. The third-order valence-corrected chi connectivity index (χ3v) is 11.2. The summed E-state index contributed by atoms with van der Waals surface area (Å²) in [7, 11) is -4.27. The van der Waals surface area contributed by atoms with Gasteiger partial charge in [-0.05, 0) is 80.7 Å². The molecule has 3 aliphatic rings. The molecule has 5 heterocycles. The molecule has 1 amide bonds. The Labute approximate surface area is 282 Å². The first-order valence-corrected chi connectivity index (χ1v) is 18.5. The number of hydrogen-bond acceptors (Lipinski definition) is 9. The van der Waals surface area contributed by atoms with Crippen molar-refractivity contribution >= 4 is 27.6 Å². The number of sulfonamides is 1. The Kier molecular flexibility index (Phi) is 9.09. The van der Waals surface area contributed by atoms with Gasteiger partial charge in [-0.3, -0.25) is 4.79 Å². The minimum absolute atomic E-state index is 0.173. The molecular weight excluding hydrogens is 627 g/mol. The van der Waals surface area contributed by atoms with Gasteiger partial charge < -0.3 is 15.0 Å². The fourth-order valence-corrected chi connectivity index (χ4v) is 8.54. The van der Waals surface area contributed by atoms with E-state index in [-0.39, 0.29) is 16.1 Å². The topological polar surface area (TPSA) is 131 Å². The van der Waals surface area contributed by atoms with Crippen LogP contribution >= 0.6 is 0 Å². The van der Waals surface area contributed by atoms with Crippen LogP contribution in [-0.4, -0.2) is 59.3 Å². The zero-order valence-electron chi connectivity index (χ0n) is 27.3. The number of rotatable bonds is 7. The van der Waals surface area contributed by atoms with E-state index in [0.717, 1.165) is 38.0 Å². The van der Waals surface area contributed by atoms with Crippen LogP contribution in [-0.2, 0) is 16.4 Å². The third-order valence-electron chi connectivity index (χ3n) is 9.98. The van der Waals surface area contributed by atoms with Gasteiger partial charge in [0.1, 0.15) is 11.6 Å². The molecule has 2 aliphatic heterocycles. The van der Waals surface area contributed by atoms with E-state index in [9.17, 15) is 13.2 Å². The average molecular weight is 670 g/mol. The highest BCUT2D eigenvalue weighted by molar-refractivity contribution is 7.90. The summed E-state index contributed by atoms with van der Waals surface area (Å²) in [5, 5.41) is 7.68. The normalized spacial score (nSPS) is 22.6. The van der Waals surface area contributed by atoms with Crippen molar-refractivity contribution in [3.63, 3.8) is 0 Å². The van der Waals surface area contributed by atoms with E-state index in [4.69, 9.17) is 9.72 Å². The average Bonchev–Trinajstić information content (AvgIpc) is 3.84. The maximum Gasteiger partial charge on any atom is 0.281 e. The van der Waals surface area contributed by atoms with Gasteiger partial charge in [-0.25, -0.2) is 19.4 Å². The molecule has 1 aliphatic carbocycles. The van der Waals surface area contributed by atoms with E-state index >= 15 is 0 Å². The SMILES string of the molecule is CC1(Cc2ccccc2)C[C@H]2CCCNc3cccc(n3)S(=O)(=O)NC(=O)c3ccc(-n4ccc(OCCC5CCCC5)n4)nc3N1C2. The predicted molar refractivity (Wildman–Crippen MR) is 184 cm³/mol. The Balaban J connectivity index is 1.25. The first-order chi connectivity index (χ1) is 23.3. The van der Waals surface area contributed by atoms with Gasteiger partial charge >= 0.3 is 0 Å². The van der Waals surface area contributed by atoms with Crippen LogP contribution in [0.3, 0.4) is 0 Å². The lowest BCUT2D eigenvalue weighted by molar-refractivity contribution is 0.0981. The second-order valence-corrected chi connectivity index (χ2v) is 15.3. The smallest absolute Gasteiger partial charge is 0.281 e. The van der Waals surface area contributed by atoms with Crippen LogP contribution in [0, 0.1) is 11.8 Å². The first-order valence-electron chi connectivity index (χ1n) is 17.1. The second-order valence-electron chi connectivity index (χ2n) is 13.6. The molecule has 12 heteroatoms. The monoisotopic (exact) mass is 669 g/mol. The minimum atomic E-state index is -4.27. The number of nitrogens with zero attached hydrogens (tertiary/aromatic N) is 5. The zero-order valence-corrected chi connectivity index (χ0v) is 28.2. The molecule has 7 rings (SSSR count). The third kappa shape index (κ3) is 7.03. The van der Waals surface area contributed by atoms with Crippen LogP contribution < -0.4 is 19.7 Å². The Bertz CT molecular complexity index is 1860. The molecule has 0 radical (unpaired) electrons. The molecule has 2 fully saturated rings. The van der Waals surface area contributed by atoms with E-state index < -0.39 is 15.9 Å². The lowest BCUT2D eigenvalue weighted by atomic mass is 9.86. The summed E-state index contributed by atoms with van der Waals surface area (Å²) in [4.78, 5) is 25.5. The molecular formula is C36H43N7O4S. The van der Waals surface area contributed by atoms with Crippen molar-refractivity contribution in [2.24, 2.45) is 11.8 Å². The van der Waals surface area contributed by atoms with Crippen molar-refractivity contribution in [1.82, 2.24) is 24.5 Å². The molecule has 1 saturated heterocycles. The molecule has 2 N–H and O–H groups in total. The van der Waals surface area contributed by atoms with Gasteiger partial charge in [0.15, 0.2) is 10.8 Å². The van der Waals surface area contributed by atoms with Crippen molar-refractivity contribution in [2.45, 2.75) is 75.3 Å². The standard InChI is InChI=1S/C36H43N7O4S/c1-36(23-27-11-3-2-4-12-27)24-28-13-8-20-37-30-14-7-15-33(38-30)48(45,46)41-35(44)29-16-17-31(39-34(29)42(36)25-28)43-21-18-32(40-43)47-22-19-26-9-5-6-10-26/h2-4,7,11-12,14-18,21,26,28H,5-6,8-10,13,19-20,22-25H2,1H3,(H,37,38)(H,41,44)/t28-,36?/m1/s1. The van der Waals surface area contributed by atoms with Crippen LogP contribution in [0.1, 0.15) is 74.2 Å². The second kappa shape index (κ2) is 13.6. The molecule has 252 valence electrons. The molecule has 11 nitrogen and oxygen atoms in total. The van der Waals surface area contributed by atoms with E-state index in [1.54, 1.807) is 35.1 Å². The lowest BCUT2D eigenvalue weighted by Gasteiger charge is -2.37. The van der Waals surface area contributed by atoms with Crippen LogP contribution in [0.2, 0.25) is 0 Å². The molecule has 4 aromatic rings. The van der Waals surface area contributed by atoms with E-state index in [1.807, 2.05) is 24.3 Å². The summed E-state index contributed by atoms with van der Waals surface area (Å²) < 4.78 is 36.8. The fraction of sp³-hybridized carbons (Fsp3) is 0.444. The van der Waals surface area contributed by atoms with Gasteiger partial charge in [-0.15, -0.1) is 5.10 Å². The zero-order chi connectivity index (χ0) is 33.1.